The topological polar surface area (TPSA) is 114 Å². The van der Waals surface area contributed by atoms with Gasteiger partial charge in [0.25, 0.3) is 5.91 Å². The van der Waals surface area contributed by atoms with Crippen LogP contribution in [0.1, 0.15) is 42.5 Å². The quantitative estimate of drug-likeness (QED) is 0.579. The number of carbonyl (C=O) groups is 2. The van der Waals surface area contributed by atoms with E-state index in [1.165, 1.54) is 18.2 Å². The summed E-state index contributed by atoms with van der Waals surface area (Å²) >= 11 is 0. The number of esters is 1. The maximum Gasteiger partial charge on any atom is 0.320 e. The van der Waals surface area contributed by atoms with E-state index in [0.717, 1.165) is 44.9 Å². The molecule has 9 heteroatoms. The van der Waals surface area contributed by atoms with Gasteiger partial charge in [0.15, 0.2) is 0 Å². The van der Waals surface area contributed by atoms with Gasteiger partial charge < -0.3 is 4.74 Å². The maximum atomic E-state index is 12.3. The Bertz CT molecular complexity index is 766. The van der Waals surface area contributed by atoms with E-state index in [-0.39, 0.29) is 10.5 Å². The van der Waals surface area contributed by atoms with Gasteiger partial charge in [-0.2, -0.15) is 9.82 Å². The fourth-order valence-electron chi connectivity index (χ4n) is 2.45. The van der Waals surface area contributed by atoms with Crippen molar-refractivity contribution in [3.63, 3.8) is 0 Å². The summed E-state index contributed by atoms with van der Waals surface area (Å²) in [4.78, 5) is 23.3. The van der Waals surface area contributed by atoms with Crippen molar-refractivity contribution in [1.82, 2.24) is 10.1 Å². The largest absolute Gasteiger partial charge is 0.468 e. The summed E-state index contributed by atoms with van der Waals surface area (Å²) in [6, 6.07) is 5.74. The highest BCUT2D eigenvalue weighted by Gasteiger charge is 2.23. The van der Waals surface area contributed by atoms with Crippen molar-refractivity contribution < 1.29 is 22.7 Å². The monoisotopic (exact) mass is 367 g/mol. The highest BCUT2D eigenvalue weighted by atomic mass is 32.2. The van der Waals surface area contributed by atoms with Crippen molar-refractivity contribution in [2.75, 3.05) is 13.7 Å². The fourth-order valence-corrected chi connectivity index (χ4v) is 3.63. The SMILES string of the molecule is COC(=O)CNS(=O)(=O)c1ccccc1C(=O)NN=C1CCCCC1. The molecule has 2 N–H and O–H groups in total. The fraction of sp³-hybridized carbons (Fsp3) is 0.438. The Labute approximate surface area is 146 Å². The van der Waals surface area contributed by atoms with Crippen molar-refractivity contribution >= 4 is 27.6 Å². The van der Waals surface area contributed by atoms with Gasteiger partial charge in [0.1, 0.15) is 6.54 Å². The zero-order valence-corrected chi connectivity index (χ0v) is 14.8. The molecule has 1 amide bonds. The molecule has 1 aromatic carbocycles. The molecule has 1 fully saturated rings. The maximum absolute atomic E-state index is 12.3. The number of amides is 1. The Hall–Kier alpha value is -2.26. The summed E-state index contributed by atoms with van der Waals surface area (Å²) in [5.41, 5.74) is 3.29. The van der Waals surface area contributed by atoms with E-state index < -0.39 is 28.4 Å². The lowest BCUT2D eigenvalue weighted by Gasteiger charge is -2.13. The van der Waals surface area contributed by atoms with Crippen LogP contribution in [-0.2, 0) is 19.6 Å². The number of methoxy groups -OCH3 is 1. The number of nitrogens with one attached hydrogen (secondary N) is 2. The van der Waals surface area contributed by atoms with Gasteiger partial charge in [-0.15, -0.1) is 0 Å². The number of sulfonamides is 1. The van der Waals surface area contributed by atoms with E-state index in [0.29, 0.717) is 0 Å². The first-order chi connectivity index (χ1) is 11.9. The average molecular weight is 367 g/mol. The van der Waals surface area contributed by atoms with Gasteiger partial charge in [0.2, 0.25) is 10.0 Å². The average Bonchev–Trinajstić information content (AvgIpc) is 2.65. The number of hydrogen-bond donors (Lipinski definition) is 2. The van der Waals surface area contributed by atoms with Crippen molar-refractivity contribution in [3.8, 4) is 0 Å². The minimum Gasteiger partial charge on any atom is -0.468 e. The molecular weight excluding hydrogens is 346 g/mol. The minimum atomic E-state index is -4.04. The summed E-state index contributed by atoms with van der Waals surface area (Å²) in [6.07, 6.45) is 4.90. The van der Waals surface area contributed by atoms with Crippen LogP contribution in [0.25, 0.3) is 0 Å². The van der Waals surface area contributed by atoms with Gasteiger partial charge in [-0.05, 0) is 37.8 Å². The van der Waals surface area contributed by atoms with Crippen molar-refractivity contribution in [2.45, 2.75) is 37.0 Å². The molecule has 0 spiro atoms. The Balaban J connectivity index is 2.16. The van der Waals surface area contributed by atoms with E-state index in [2.05, 4.69) is 20.0 Å². The second-order valence-corrected chi connectivity index (χ2v) is 7.31. The van der Waals surface area contributed by atoms with Crippen LogP contribution in [0.15, 0.2) is 34.3 Å². The molecule has 25 heavy (non-hydrogen) atoms. The molecule has 0 atom stereocenters. The van der Waals surface area contributed by atoms with Crippen LogP contribution in [0.4, 0.5) is 0 Å². The molecule has 0 radical (unpaired) electrons. The lowest BCUT2D eigenvalue weighted by atomic mass is 9.99. The summed E-state index contributed by atoms with van der Waals surface area (Å²) < 4.78 is 31.2. The van der Waals surface area contributed by atoms with Crippen LogP contribution in [0.5, 0.6) is 0 Å². The molecule has 136 valence electrons. The van der Waals surface area contributed by atoms with Gasteiger partial charge in [-0.25, -0.2) is 13.8 Å². The molecule has 2 rings (SSSR count). The molecule has 1 saturated carbocycles. The highest BCUT2D eigenvalue weighted by molar-refractivity contribution is 7.89. The predicted molar refractivity (Wildman–Crippen MR) is 91.6 cm³/mol. The number of carbonyl (C=O) groups excluding carboxylic acids is 2. The molecule has 1 aliphatic carbocycles. The van der Waals surface area contributed by atoms with Gasteiger partial charge in [0, 0.05) is 5.71 Å². The summed E-state index contributed by atoms with van der Waals surface area (Å²) in [5.74, 6) is -1.34. The predicted octanol–water partition coefficient (Wildman–Crippen LogP) is 1.19. The number of hydrogen-bond acceptors (Lipinski definition) is 6. The lowest BCUT2D eigenvalue weighted by molar-refractivity contribution is -0.139. The Morgan fingerprint density at radius 3 is 2.52 bits per heavy atom. The zero-order valence-electron chi connectivity index (χ0n) is 13.9. The smallest absolute Gasteiger partial charge is 0.320 e. The third-order valence-corrected chi connectivity index (χ3v) is 5.26. The number of benzene rings is 1. The normalized spacial score (nSPS) is 14.7. The number of rotatable bonds is 6. The van der Waals surface area contributed by atoms with Crippen LogP contribution >= 0.6 is 0 Å². The van der Waals surface area contributed by atoms with Crippen molar-refractivity contribution in [3.05, 3.63) is 29.8 Å². The summed E-state index contributed by atoms with van der Waals surface area (Å²) in [5, 5.41) is 4.10. The summed E-state index contributed by atoms with van der Waals surface area (Å²) in [6.45, 7) is -0.517. The van der Waals surface area contributed by atoms with Crippen LogP contribution in [-0.4, -0.2) is 39.7 Å². The number of nitrogens with zero attached hydrogens (tertiary/aromatic N) is 1. The first kappa shape index (κ1) is 19.1. The Morgan fingerprint density at radius 1 is 1.16 bits per heavy atom. The lowest BCUT2D eigenvalue weighted by Crippen LogP contribution is -2.32. The van der Waals surface area contributed by atoms with Gasteiger partial charge in [-0.3, -0.25) is 9.59 Å². The van der Waals surface area contributed by atoms with E-state index in [9.17, 15) is 18.0 Å². The first-order valence-corrected chi connectivity index (χ1v) is 9.43. The molecule has 1 aromatic rings. The molecule has 0 heterocycles. The van der Waals surface area contributed by atoms with Crippen LogP contribution < -0.4 is 10.1 Å². The third-order valence-electron chi connectivity index (χ3n) is 3.80. The molecule has 0 unspecified atom stereocenters. The van der Waals surface area contributed by atoms with Crippen LogP contribution in [0.3, 0.4) is 0 Å². The van der Waals surface area contributed by atoms with Gasteiger partial charge in [-0.1, -0.05) is 18.6 Å². The van der Waals surface area contributed by atoms with E-state index in [4.69, 9.17) is 0 Å². The molecule has 8 nitrogen and oxygen atoms in total. The molecule has 0 saturated heterocycles. The van der Waals surface area contributed by atoms with Crippen LogP contribution in [0.2, 0.25) is 0 Å². The standard InChI is InChI=1S/C16H21N3O5S/c1-24-15(20)11-17-25(22,23)14-10-6-5-9-13(14)16(21)19-18-12-7-3-2-4-8-12/h5-6,9-10,17H,2-4,7-8,11H2,1H3,(H,19,21). The van der Waals surface area contributed by atoms with Crippen molar-refractivity contribution in [1.29, 1.82) is 0 Å². The molecular formula is C16H21N3O5S. The Kier molecular flexibility index (Phi) is 6.65. The van der Waals surface area contributed by atoms with Crippen LogP contribution in [0, 0.1) is 0 Å². The third kappa shape index (κ3) is 5.36. The zero-order chi connectivity index (χ0) is 18.3. The Morgan fingerprint density at radius 2 is 1.84 bits per heavy atom. The van der Waals surface area contributed by atoms with Crippen molar-refractivity contribution in [2.24, 2.45) is 5.10 Å². The van der Waals surface area contributed by atoms with E-state index >= 15 is 0 Å². The van der Waals surface area contributed by atoms with E-state index in [1.807, 2.05) is 0 Å². The second kappa shape index (κ2) is 8.72. The number of hydrazone groups is 1. The second-order valence-electron chi connectivity index (χ2n) is 5.58. The van der Waals surface area contributed by atoms with Gasteiger partial charge in [0.05, 0.1) is 17.6 Å². The minimum absolute atomic E-state index is 0.0416. The van der Waals surface area contributed by atoms with E-state index in [1.54, 1.807) is 6.07 Å². The molecule has 0 aromatic heterocycles. The summed E-state index contributed by atoms with van der Waals surface area (Å²) in [7, 11) is -2.89. The number of ether oxygens (including phenoxy) is 1. The first-order valence-electron chi connectivity index (χ1n) is 7.95. The molecule has 0 bridgehead atoms. The highest BCUT2D eigenvalue weighted by Crippen LogP contribution is 2.16. The van der Waals surface area contributed by atoms with Gasteiger partial charge >= 0.3 is 5.97 Å². The molecule has 0 aliphatic heterocycles. The molecule has 1 aliphatic rings.